The molecule has 0 saturated heterocycles. The van der Waals surface area contributed by atoms with Crippen molar-refractivity contribution in [2.24, 2.45) is 0 Å². The second kappa shape index (κ2) is 26.7. The lowest BCUT2D eigenvalue weighted by Crippen LogP contribution is -2.35. The van der Waals surface area contributed by atoms with Crippen LogP contribution in [0.25, 0.3) is 0 Å². The summed E-state index contributed by atoms with van der Waals surface area (Å²) < 4.78 is 27.2. The summed E-state index contributed by atoms with van der Waals surface area (Å²) in [4.78, 5) is 36.6. The van der Waals surface area contributed by atoms with Crippen LogP contribution in [-0.2, 0) is 38.1 Å². The van der Waals surface area contributed by atoms with Crippen LogP contribution in [0.15, 0.2) is 0 Å². The molecule has 0 aromatic heterocycles. The number of unbranched alkanes of at least 4 members (excludes halogenated alkanes) is 4. The van der Waals surface area contributed by atoms with Crippen LogP contribution in [0.2, 0.25) is 0 Å². The lowest BCUT2D eigenvalue weighted by molar-refractivity contribution is -0.133. The maximum Gasteiger partial charge on any atom is 0.224 e. The number of rotatable bonds is 28. The van der Waals surface area contributed by atoms with Gasteiger partial charge in [-0.15, -0.1) is 0 Å². The standard InChI is InChI=1S/C27H51NO8/c1-4-32-19-20-35-23-24-36-22-21-34-17-13-27(31)28(15-18-33-16-10-12-26(3)30)14-9-7-5-6-8-11-25(2)29/h4-24H2,1-3H3. The second-order valence-corrected chi connectivity index (χ2v) is 8.80. The summed E-state index contributed by atoms with van der Waals surface area (Å²) in [7, 11) is 0. The smallest absolute Gasteiger partial charge is 0.224 e. The number of carbonyl (C=O) groups is 3. The van der Waals surface area contributed by atoms with E-state index in [0.29, 0.717) is 105 Å². The van der Waals surface area contributed by atoms with Crippen molar-refractivity contribution in [3.05, 3.63) is 0 Å². The predicted molar refractivity (Wildman–Crippen MR) is 139 cm³/mol. The van der Waals surface area contributed by atoms with Crippen molar-refractivity contribution in [3.8, 4) is 0 Å². The fraction of sp³-hybridized carbons (Fsp3) is 0.889. The van der Waals surface area contributed by atoms with Gasteiger partial charge in [-0.05, 0) is 40.0 Å². The summed E-state index contributed by atoms with van der Waals surface area (Å²) in [6.45, 7) is 11.5. The van der Waals surface area contributed by atoms with E-state index in [1.165, 1.54) is 0 Å². The summed E-state index contributed by atoms with van der Waals surface area (Å²) in [5.41, 5.74) is 0. The van der Waals surface area contributed by atoms with E-state index < -0.39 is 0 Å². The Hall–Kier alpha value is -1.39. The van der Waals surface area contributed by atoms with Crippen LogP contribution in [-0.4, -0.2) is 102 Å². The molecule has 0 bridgehead atoms. The first kappa shape index (κ1) is 34.6. The van der Waals surface area contributed by atoms with Gasteiger partial charge in [0, 0.05) is 39.1 Å². The monoisotopic (exact) mass is 517 g/mol. The van der Waals surface area contributed by atoms with E-state index in [1.807, 2.05) is 11.8 Å². The Kier molecular flexibility index (Phi) is 25.6. The van der Waals surface area contributed by atoms with E-state index in [2.05, 4.69) is 0 Å². The fourth-order valence-corrected chi connectivity index (χ4v) is 3.39. The molecule has 0 radical (unpaired) electrons. The molecule has 0 unspecified atom stereocenters. The predicted octanol–water partition coefficient (Wildman–Crippen LogP) is 3.61. The first-order valence-electron chi connectivity index (χ1n) is 13.6. The Morgan fingerprint density at radius 1 is 0.500 bits per heavy atom. The van der Waals surface area contributed by atoms with Crippen LogP contribution in [0.1, 0.15) is 78.6 Å². The summed E-state index contributed by atoms with van der Waals surface area (Å²) >= 11 is 0. The second-order valence-electron chi connectivity index (χ2n) is 8.80. The minimum absolute atomic E-state index is 0.0579. The van der Waals surface area contributed by atoms with Gasteiger partial charge in [-0.3, -0.25) is 4.79 Å². The van der Waals surface area contributed by atoms with Crippen molar-refractivity contribution in [2.75, 3.05) is 79.2 Å². The van der Waals surface area contributed by atoms with E-state index >= 15 is 0 Å². The number of carbonyl (C=O) groups excluding carboxylic acids is 3. The summed E-state index contributed by atoms with van der Waals surface area (Å²) in [6, 6.07) is 0. The van der Waals surface area contributed by atoms with Crippen molar-refractivity contribution in [1.82, 2.24) is 4.90 Å². The Labute approximate surface area is 218 Å². The van der Waals surface area contributed by atoms with E-state index in [1.54, 1.807) is 13.8 Å². The van der Waals surface area contributed by atoms with Gasteiger partial charge in [-0.2, -0.15) is 0 Å². The molecular weight excluding hydrogens is 466 g/mol. The minimum atomic E-state index is 0.0579. The molecule has 0 spiro atoms. The summed E-state index contributed by atoms with van der Waals surface area (Å²) in [5, 5.41) is 0. The SMILES string of the molecule is CCOCCOCCOCCOCCC(=O)N(CCCCCCCC(C)=O)CCOCCCC(C)=O. The zero-order valence-electron chi connectivity index (χ0n) is 23.1. The Morgan fingerprint density at radius 3 is 1.61 bits per heavy atom. The zero-order chi connectivity index (χ0) is 26.7. The number of hydrogen-bond acceptors (Lipinski definition) is 8. The van der Waals surface area contributed by atoms with Gasteiger partial charge in [-0.1, -0.05) is 19.3 Å². The van der Waals surface area contributed by atoms with Crippen LogP contribution < -0.4 is 0 Å². The van der Waals surface area contributed by atoms with Crippen molar-refractivity contribution in [1.29, 1.82) is 0 Å². The molecule has 0 aliphatic heterocycles. The maximum atomic E-state index is 12.7. The van der Waals surface area contributed by atoms with Crippen LogP contribution in [0.3, 0.4) is 0 Å². The van der Waals surface area contributed by atoms with E-state index in [-0.39, 0.29) is 17.5 Å². The third kappa shape index (κ3) is 25.7. The third-order valence-corrected chi connectivity index (χ3v) is 5.41. The van der Waals surface area contributed by atoms with Crippen molar-refractivity contribution < 1.29 is 38.1 Å². The number of nitrogens with zero attached hydrogens (tertiary/aromatic N) is 1. The van der Waals surface area contributed by atoms with Crippen molar-refractivity contribution >= 4 is 17.5 Å². The van der Waals surface area contributed by atoms with Gasteiger partial charge in [0.1, 0.15) is 11.6 Å². The zero-order valence-corrected chi connectivity index (χ0v) is 23.1. The van der Waals surface area contributed by atoms with Gasteiger partial charge in [-0.25, -0.2) is 0 Å². The molecule has 0 fully saturated rings. The Bertz CT molecular complexity index is 544. The topological polar surface area (TPSA) is 101 Å². The number of Topliss-reactive ketones (excluding diaryl/α,β-unsaturated/α-hetero) is 2. The quantitative estimate of drug-likeness (QED) is 0.145. The highest BCUT2D eigenvalue weighted by atomic mass is 16.6. The van der Waals surface area contributed by atoms with Gasteiger partial charge < -0.3 is 38.2 Å². The highest BCUT2D eigenvalue weighted by molar-refractivity contribution is 5.76. The van der Waals surface area contributed by atoms with Gasteiger partial charge >= 0.3 is 0 Å². The van der Waals surface area contributed by atoms with E-state index in [4.69, 9.17) is 23.7 Å². The van der Waals surface area contributed by atoms with Crippen LogP contribution in [0.5, 0.6) is 0 Å². The number of ketones is 2. The molecule has 9 nitrogen and oxygen atoms in total. The molecule has 1 amide bonds. The average Bonchev–Trinajstić information content (AvgIpc) is 2.84. The first-order chi connectivity index (χ1) is 17.5. The molecule has 36 heavy (non-hydrogen) atoms. The molecule has 0 atom stereocenters. The fourth-order valence-electron chi connectivity index (χ4n) is 3.39. The molecule has 212 valence electrons. The molecule has 0 heterocycles. The summed E-state index contributed by atoms with van der Waals surface area (Å²) in [5.74, 6) is 0.462. The molecule has 0 aromatic rings. The van der Waals surface area contributed by atoms with Crippen LogP contribution in [0, 0.1) is 0 Å². The number of amides is 1. The van der Waals surface area contributed by atoms with Crippen LogP contribution >= 0.6 is 0 Å². The van der Waals surface area contributed by atoms with Crippen LogP contribution in [0.4, 0.5) is 0 Å². The first-order valence-corrected chi connectivity index (χ1v) is 13.6. The Morgan fingerprint density at radius 2 is 1.00 bits per heavy atom. The van der Waals surface area contributed by atoms with Crippen molar-refractivity contribution in [2.45, 2.75) is 78.6 Å². The highest BCUT2D eigenvalue weighted by Crippen LogP contribution is 2.08. The summed E-state index contributed by atoms with van der Waals surface area (Å²) in [6.07, 6.45) is 7.21. The molecule has 0 N–H and O–H groups in total. The van der Waals surface area contributed by atoms with E-state index in [9.17, 15) is 14.4 Å². The Balaban J connectivity index is 4.02. The number of ether oxygens (including phenoxy) is 5. The largest absolute Gasteiger partial charge is 0.380 e. The molecular formula is C27H51NO8. The molecule has 0 saturated carbocycles. The van der Waals surface area contributed by atoms with Gasteiger partial charge in [0.15, 0.2) is 0 Å². The minimum Gasteiger partial charge on any atom is -0.380 e. The molecule has 0 aliphatic carbocycles. The third-order valence-electron chi connectivity index (χ3n) is 5.41. The molecule has 0 aromatic carbocycles. The van der Waals surface area contributed by atoms with Gasteiger partial charge in [0.05, 0.1) is 59.3 Å². The number of hydrogen-bond donors (Lipinski definition) is 0. The average molecular weight is 518 g/mol. The maximum absolute atomic E-state index is 12.7. The molecule has 9 heteroatoms. The van der Waals surface area contributed by atoms with Gasteiger partial charge in [0.2, 0.25) is 5.91 Å². The van der Waals surface area contributed by atoms with Crippen molar-refractivity contribution in [3.63, 3.8) is 0 Å². The van der Waals surface area contributed by atoms with E-state index in [0.717, 1.165) is 32.1 Å². The normalized spacial score (nSPS) is 11.1. The molecule has 0 rings (SSSR count). The lowest BCUT2D eigenvalue weighted by Gasteiger charge is -2.23. The molecule has 0 aliphatic rings. The lowest BCUT2D eigenvalue weighted by atomic mass is 10.1. The highest BCUT2D eigenvalue weighted by Gasteiger charge is 2.13. The van der Waals surface area contributed by atoms with Gasteiger partial charge in [0.25, 0.3) is 0 Å².